The highest BCUT2D eigenvalue weighted by molar-refractivity contribution is 7.89. The SMILES string of the molecule is C[Si](C)(C)CCOCn1c(S(N)(=O)=O)nc(Cl)c1C(=O)O. The van der Waals surface area contributed by atoms with Crippen LogP contribution >= 0.6 is 11.6 Å². The lowest BCUT2D eigenvalue weighted by molar-refractivity contribution is 0.0602. The summed E-state index contributed by atoms with van der Waals surface area (Å²) >= 11 is 5.66. The first kappa shape index (κ1) is 18.1. The smallest absolute Gasteiger partial charge is 0.355 e. The average Bonchev–Trinajstić information content (AvgIpc) is 2.60. The topological polar surface area (TPSA) is 125 Å². The van der Waals surface area contributed by atoms with E-state index >= 15 is 0 Å². The monoisotopic (exact) mass is 355 g/mol. The van der Waals surface area contributed by atoms with Gasteiger partial charge in [0.25, 0.3) is 10.0 Å². The summed E-state index contributed by atoms with van der Waals surface area (Å²) in [5.74, 6) is -1.41. The molecule has 0 aliphatic carbocycles. The van der Waals surface area contributed by atoms with E-state index in [1.54, 1.807) is 0 Å². The molecule has 0 atom stereocenters. The van der Waals surface area contributed by atoms with Gasteiger partial charge in [-0.25, -0.2) is 23.3 Å². The summed E-state index contributed by atoms with van der Waals surface area (Å²) in [6.07, 6.45) is 0. The van der Waals surface area contributed by atoms with Gasteiger partial charge in [0, 0.05) is 14.7 Å². The van der Waals surface area contributed by atoms with Crippen molar-refractivity contribution in [1.29, 1.82) is 0 Å². The third-order valence-electron chi connectivity index (χ3n) is 2.56. The predicted octanol–water partition coefficient (Wildman–Crippen LogP) is 1.19. The Morgan fingerprint density at radius 2 is 2.05 bits per heavy atom. The molecule has 0 radical (unpaired) electrons. The highest BCUT2D eigenvalue weighted by Gasteiger charge is 2.27. The van der Waals surface area contributed by atoms with Gasteiger partial charge in [0.05, 0.1) is 0 Å². The molecule has 0 spiro atoms. The standard InChI is InChI=1S/C10H18ClN3O5SSi/c1-21(2,3)5-4-19-6-14-7(9(15)16)8(11)13-10(14)20(12,17)18/h4-6H2,1-3H3,(H,15,16)(H2,12,17,18). The maximum Gasteiger partial charge on any atom is 0.355 e. The fraction of sp³-hybridized carbons (Fsp3) is 0.600. The maximum absolute atomic E-state index is 11.4. The first-order chi connectivity index (χ1) is 9.43. The number of primary sulfonamides is 1. The number of ether oxygens (including phenoxy) is 1. The average molecular weight is 356 g/mol. The Morgan fingerprint density at radius 3 is 2.48 bits per heavy atom. The number of aromatic nitrogens is 2. The second-order valence-corrected chi connectivity index (χ2v) is 13.1. The number of nitrogens with zero attached hydrogens (tertiary/aromatic N) is 2. The molecule has 0 saturated heterocycles. The van der Waals surface area contributed by atoms with Crippen LogP contribution in [0.15, 0.2) is 5.16 Å². The molecule has 0 aliphatic rings. The zero-order valence-electron chi connectivity index (χ0n) is 12.0. The van der Waals surface area contributed by atoms with Gasteiger partial charge in [0.1, 0.15) is 6.73 Å². The van der Waals surface area contributed by atoms with Gasteiger partial charge in [-0.15, -0.1) is 0 Å². The van der Waals surface area contributed by atoms with Crippen molar-refractivity contribution in [2.45, 2.75) is 37.6 Å². The van der Waals surface area contributed by atoms with Crippen molar-refractivity contribution in [3.63, 3.8) is 0 Å². The number of hydrogen-bond donors (Lipinski definition) is 2. The lowest BCUT2D eigenvalue weighted by atomic mass is 10.5. The number of carboxylic acids is 1. The van der Waals surface area contributed by atoms with Crippen LogP contribution in [-0.4, -0.2) is 43.7 Å². The third-order valence-corrected chi connectivity index (χ3v) is 5.35. The third kappa shape index (κ3) is 5.07. The zero-order chi connectivity index (χ0) is 16.4. The summed E-state index contributed by atoms with van der Waals surface area (Å²) in [5, 5.41) is 13.0. The molecule has 21 heavy (non-hydrogen) atoms. The van der Waals surface area contributed by atoms with E-state index in [4.69, 9.17) is 26.6 Å². The van der Waals surface area contributed by atoms with E-state index in [1.807, 2.05) is 0 Å². The maximum atomic E-state index is 11.4. The molecule has 1 aromatic rings. The summed E-state index contributed by atoms with van der Waals surface area (Å²) in [7, 11) is -5.51. The normalized spacial score (nSPS) is 12.6. The highest BCUT2D eigenvalue weighted by atomic mass is 35.5. The molecule has 0 bridgehead atoms. The molecular formula is C10H18ClN3O5SSi. The quantitative estimate of drug-likeness (QED) is 0.559. The van der Waals surface area contributed by atoms with Gasteiger partial charge in [0.2, 0.25) is 5.16 Å². The summed E-state index contributed by atoms with van der Waals surface area (Å²) in [6.45, 7) is 6.56. The first-order valence-corrected chi connectivity index (χ1v) is 11.7. The number of hydrogen-bond acceptors (Lipinski definition) is 5. The molecule has 120 valence electrons. The van der Waals surface area contributed by atoms with Crippen molar-refractivity contribution in [1.82, 2.24) is 9.55 Å². The van der Waals surface area contributed by atoms with Gasteiger partial charge < -0.3 is 9.84 Å². The molecule has 1 aromatic heterocycles. The number of rotatable bonds is 7. The van der Waals surface area contributed by atoms with E-state index in [9.17, 15) is 13.2 Å². The van der Waals surface area contributed by atoms with E-state index in [0.717, 1.165) is 10.6 Å². The summed E-state index contributed by atoms with van der Waals surface area (Å²) in [5.41, 5.74) is -0.464. The lowest BCUT2D eigenvalue weighted by Gasteiger charge is -2.16. The zero-order valence-corrected chi connectivity index (χ0v) is 14.5. The molecule has 11 heteroatoms. The number of imidazole rings is 1. The van der Waals surface area contributed by atoms with Crippen molar-refractivity contribution in [3.8, 4) is 0 Å². The van der Waals surface area contributed by atoms with Gasteiger partial charge in [-0.05, 0) is 6.04 Å². The minimum atomic E-state index is -4.20. The van der Waals surface area contributed by atoms with Crippen LogP contribution in [0.25, 0.3) is 0 Å². The molecule has 8 nitrogen and oxygen atoms in total. The first-order valence-electron chi connectivity index (χ1n) is 6.03. The number of halogens is 1. The van der Waals surface area contributed by atoms with E-state index in [-0.39, 0.29) is 6.73 Å². The Morgan fingerprint density at radius 1 is 1.48 bits per heavy atom. The van der Waals surface area contributed by atoms with Gasteiger partial charge in [0.15, 0.2) is 10.8 Å². The lowest BCUT2D eigenvalue weighted by Crippen LogP contribution is -2.24. The second-order valence-electron chi connectivity index (χ2n) is 5.66. The highest BCUT2D eigenvalue weighted by Crippen LogP contribution is 2.20. The van der Waals surface area contributed by atoms with Gasteiger partial charge in [-0.1, -0.05) is 31.2 Å². The van der Waals surface area contributed by atoms with Crippen LogP contribution in [0.2, 0.25) is 30.8 Å². The van der Waals surface area contributed by atoms with Crippen molar-refractivity contribution in [2.75, 3.05) is 6.61 Å². The molecule has 0 saturated carbocycles. The second kappa shape index (κ2) is 6.44. The van der Waals surface area contributed by atoms with E-state index in [2.05, 4.69) is 24.6 Å². The van der Waals surface area contributed by atoms with Crippen LogP contribution in [-0.2, 0) is 21.5 Å². The number of carbonyl (C=O) groups is 1. The Balaban J connectivity index is 3.01. The van der Waals surface area contributed by atoms with Crippen molar-refractivity contribution in [2.24, 2.45) is 5.14 Å². The fourth-order valence-electron chi connectivity index (χ4n) is 1.48. The summed E-state index contributed by atoms with van der Waals surface area (Å²) < 4.78 is 29.1. The Kier molecular flexibility index (Phi) is 5.55. The minimum absolute atomic E-state index is 0.294. The Labute approximate surface area is 128 Å². The largest absolute Gasteiger partial charge is 0.476 e. The number of nitrogens with two attached hydrogens (primary N) is 1. The molecule has 0 aromatic carbocycles. The number of sulfonamides is 1. The van der Waals surface area contributed by atoms with Crippen LogP contribution in [0.3, 0.4) is 0 Å². The van der Waals surface area contributed by atoms with Gasteiger partial charge >= 0.3 is 5.97 Å². The molecule has 1 rings (SSSR count). The molecule has 3 N–H and O–H groups in total. The van der Waals surface area contributed by atoms with Crippen LogP contribution in [0.4, 0.5) is 0 Å². The van der Waals surface area contributed by atoms with Crippen molar-refractivity contribution >= 4 is 35.7 Å². The van der Waals surface area contributed by atoms with E-state index in [1.165, 1.54) is 0 Å². The number of aromatic carboxylic acids is 1. The Hall–Kier alpha value is -0.943. The molecular weight excluding hydrogens is 338 g/mol. The summed E-state index contributed by atoms with van der Waals surface area (Å²) in [6, 6.07) is 0.850. The van der Waals surface area contributed by atoms with Crippen LogP contribution in [0.5, 0.6) is 0 Å². The van der Waals surface area contributed by atoms with Crippen molar-refractivity contribution < 1.29 is 23.1 Å². The van der Waals surface area contributed by atoms with E-state index in [0.29, 0.717) is 6.61 Å². The van der Waals surface area contributed by atoms with Gasteiger partial charge in [-0.2, -0.15) is 0 Å². The fourth-order valence-corrected chi connectivity index (χ4v) is 3.22. The Bertz CT molecular complexity index is 638. The minimum Gasteiger partial charge on any atom is -0.476 e. The summed E-state index contributed by atoms with van der Waals surface area (Å²) in [4.78, 5) is 14.6. The van der Waals surface area contributed by atoms with Crippen LogP contribution < -0.4 is 5.14 Å². The molecule has 0 unspecified atom stereocenters. The molecule has 1 heterocycles. The number of carboxylic acid groups (broad SMARTS) is 1. The van der Waals surface area contributed by atoms with Crippen LogP contribution in [0, 0.1) is 0 Å². The molecule has 0 aliphatic heterocycles. The predicted molar refractivity (Wildman–Crippen MR) is 79.7 cm³/mol. The van der Waals surface area contributed by atoms with E-state index < -0.39 is 40.1 Å². The molecule has 0 amide bonds. The van der Waals surface area contributed by atoms with Crippen LogP contribution in [0.1, 0.15) is 10.5 Å². The molecule has 0 fully saturated rings. The van der Waals surface area contributed by atoms with Gasteiger partial charge in [-0.3, -0.25) is 4.57 Å². The van der Waals surface area contributed by atoms with Crippen molar-refractivity contribution in [3.05, 3.63) is 10.8 Å².